The Kier molecular flexibility index (Phi) is 8.60. The minimum Gasteiger partial charge on any atom is -0.497 e. The molecule has 1 aliphatic rings. The Balaban J connectivity index is 1.47. The third kappa shape index (κ3) is 6.18. The van der Waals surface area contributed by atoms with Crippen molar-refractivity contribution in [2.24, 2.45) is 0 Å². The summed E-state index contributed by atoms with van der Waals surface area (Å²) in [5.74, 6) is 1.83. The predicted octanol–water partition coefficient (Wildman–Crippen LogP) is 4.88. The molecule has 0 radical (unpaired) electrons. The molecule has 0 bridgehead atoms. The van der Waals surface area contributed by atoms with Crippen LogP contribution >= 0.6 is 11.8 Å². The second-order valence-corrected chi connectivity index (χ2v) is 9.33. The molecular weight excluding hydrogens is 448 g/mol. The second-order valence-electron chi connectivity index (χ2n) is 8.39. The van der Waals surface area contributed by atoms with Crippen LogP contribution in [0.1, 0.15) is 44.2 Å². The zero-order chi connectivity index (χ0) is 23.8. The van der Waals surface area contributed by atoms with Crippen LogP contribution in [0, 0.1) is 0 Å². The number of hydrogen-bond donors (Lipinski definition) is 1. The first-order valence-electron chi connectivity index (χ1n) is 11.8. The third-order valence-corrected chi connectivity index (χ3v) is 6.89. The number of benzene rings is 2. The number of nitrogens with one attached hydrogen (secondary N) is 1. The van der Waals surface area contributed by atoms with Crippen LogP contribution in [0.4, 0.5) is 0 Å². The van der Waals surface area contributed by atoms with Crippen molar-refractivity contribution in [2.75, 3.05) is 19.5 Å². The van der Waals surface area contributed by atoms with Crippen LogP contribution in [0.3, 0.4) is 0 Å². The number of aromatic nitrogens is 3. The molecule has 2 aromatic carbocycles. The standard InChI is InChI=1S/C26H32N4O3S/c1-3-8-23(19-9-5-4-6-10-19)27-24(31)18-34-26-29-28-25(20-12-14-21(32-2)15-13-20)30(26)17-22-11-7-16-33-22/h4-6,9-10,12-15,22-23H,3,7-8,11,16-18H2,1-2H3,(H,27,31). The van der Waals surface area contributed by atoms with Gasteiger partial charge in [0.1, 0.15) is 5.75 Å². The van der Waals surface area contributed by atoms with Crippen molar-refractivity contribution in [3.63, 3.8) is 0 Å². The molecule has 34 heavy (non-hydrogen) atoms. The molecule has 1 saturated heterocycles. The Labute approximate surface area is 205 Å². The number of rotatable bonds is 11. The van der Waals surface area contributed by atoms with Crippen molar-refractivity contribution in [2.45, 2.75) is 56.5 Å². The van der Waals surface area contributed by atoms with Gasteiger partial charge in [0.25, 0.3) is 0 Å². The van der Waals surface area contributed by atoms with Gasteiger partial charge in [-0.05, 0) is 49.1 Å². The Morgan fingerprint density at radius 1 is 1.21 bits per heavy atom. The number of thioether (sulfide) groups is 1. The summed E-state index contributed by atoms with van der Waals surface area (Å²) in [6.45, 7) is 3.58. The van der Waals surface area contributed by atoms with E-state index >= 15 is 0 Å². The molecule has 7 nitrogen and oxygen atoms in total. The molecular formula is C26H32N4O3S. The summed E-state index contributed by atoms with van der Waals surface area (Å²) in [6, 6.07) is 17.9. The normalized spacial score (nSPS) is 16.4. The van der Waals surface area contributed by atoms with Crippen LogP contribution in [-0.4, -0.2) is 46.2 Å². The highest BCUT2D eigenvalue weighted by atomic mass is 32.2. The van der Waals surface area contributed by atoms with E-state index in [0.717, 1.165) is 60.1 Å². The molecule has 2 heterocycles. The first kappa shape index (κ1) is 24.3. The topological polar surface area (TPSA) is 78.3 Å². The fraction of sp³-hybridized carbons (Fsp3) is 0.423. The van der Waals surface area contributed by atoms with Crippen molar-refractivity contribution >= 4 is 17.7 Å². The first-order chi connectivity index (χ1) is 16.7. The van der Waals surface area contributed by atoms with E-state index in [-0.39, 0.29) is 23.8 Å². The number of carbonyl (C=O) groups is 1. The number of methoxy groups -OCH3 is 1. The SMILES string of the molecule is CCCC(NC(=O)CSc1nnc(-c2ccc(OC)cc2)n1CC1CCCO1)c1ccccc1. The molecule has 0 saturated carbocycles. The number of carbonyl (C=O) groups excluding carboxylic acids is 1. The van der Waals surface area contributed by atoms with Gasteiger partial charge in [-0.1, -0.05) is 55.4 Å². The maximum atomic E-state index is 12.9. The number of hydrogen-bond acceptors (Lipinski definition) is 6. The van der Waals surface area contributed by atoms with Crippen molar-refractivity contribution in [3.05, 3.63) is 60.2 Å². The molecule has 4 rings (SSSR count). The molecule has 1 aliphatic heterocycles. The van der Waals surface area contributed by atoms with Crippen LogP contribution < -0.4 is 10.1 Å². The molecule has 0 aliphatic carbocycles. The molecule has 8 heteroatoms. The van der Waals surface area contributed by atoms with Gasteiger partial charge in [-0.15, -0.1) is 10.2 Å². The molecule has 1 fully saturated rings. The maximum absolute atomic E-state index is 12.9. The lowest BCUT2D eigenvalue weighted by molar-refractivity contribution is -0.119. The highest BCUT2D eigenvalue weighted by Gasteiger charge is 2.23. The minimum atomic E-state index is -0.00929. The van der Waals surface area contributed by atoms with E-state index in [1.54, 1.807) is 7.11 Å². The average molecular weight is 481 g/mol. The van der Waals surface area contributed by atoms with Crippen LogP contribution in [0.5, 0.6) is 5.75 Å². The summed E-state index contributed by atoms with van der Waals surface area (Å²) < 4.78 is 13.2. The van der Waals surface area contributed by atoms with Gasteiger partial charge in [0.2, 0.25) is 5.91 Å². The van der Waals surface area contributed by atoms with Gasteiger partial charge in [0, 0.05) is 12.2 Å². The maximum Gasteiger partial charge on any atom is 0.230 e. The van der Waals surface area contributed by atoms with E-state index in [1.807, 2.05) is 42.5 Å². The monoisotopic (exact) mass is 480 g/mol. The van der Waals surface area contributed by atoms with Gasteiger partial charge in [-0.2, -0.15) is 0 Å². The summed E-state index contributed by atoms with van der Waals surface area (Å²) in [6.07, 6.45) is 4.10. The first-order valence-corrected chi connectivity index (χ1v) is 12.8. The lowest BCUT2D eigenvalue weighted by Gasteiger charge is -2.19. The Hall–Kier alpha value is -2.84. The van der Waals surface area contributed by atoms with Crippen LogP contribution in [-0.2, 0) is 16.1 Å². The molecule has 3 aromatic rings. The molecule has 0 spiro atoms. The fourth-order valence-electron chi connectivity index (χ4n) is 4.17. The van der Waals surface area contributed by atoms with Gasteiger partial charge in [-0.25, -0.2) is 0 Å². The molecule has 2 atom stereocenters. The van der Waals surface area contributed by atoms with Crippen molar-refractivity contribution in [1.82, 2.24) is 20.1 Å². The summed E-state index contributed by atoms with van der Waals surface area (Å²) in [7, 11) is 1.65. The van der Waals surface area contributed by atoms with Gasteiger partial charge in [0.05, 0.1) is 31.6 Å². The van der Waals surface area contributed by atoms with E-state index < -0.39 is 0 Å². The zero-order valence-electron chi connectivity index (χ0n) is 19.8. The quantitative estimate of drug-likeness (QED) is 0.394. The fourth-order valence-corrected chi connectivity index (χ4v) is 4.93. The highest BCUT2D eigenvalue weighted by molar-refractivity contribution is 7.99. The summed E-state index contributed by atoms with van der Waals surface area (Å²) in [5.41, 5.74) is 2.08. The van der Waals surface area contributed by atoms with Gasteiger partial charge in [-0.3, -0.25) is 9.36 Å². The number of amides is 1. The van der Waals surface area contributed by atoms with Crippen LogP contribution in [0.2, 0.25) is 0 Å². The van der Waals surface area contributed by atoms with E-state index in [2.05, 4.69) is 39.1 Å². The van der Waals surface area contributed by atoms with Gasteiger partial charge >= 0.3 is 0 Å². The Morgan fingerprint density at radius 2 is 2.00 bits per heavy atom. The highest BCUT2D eigenvalue weighted by Crippen LogP contribution is 2.28. The van der Waals surface area contributed by atoms with Gasteiger partial charge < -0.3 is 14.8 Å². The Bertz CT molecular complexity index is 1050. The average Bonchev–Trinajstić information content (AvgIpc) is 3.53. The summed E-state index contributed by atoms with van der Waals surface area (Å²) >= 11 is 1.41. The minimum absolute atomic E-state index is 0.00929. The number of nitrogens with zero attached hydrogens (tertiary/aromatic N) is 3. The van der Waals surface area contributed by atoms with Gasteiger partial charge in [0.15, 0.2) is 11.0 Å². The lowest BCUT2D eigenvalue weighted by atomic mass is 10.0. The summed E-state index contributed by atoms with van der Waals surface area (Å²) in [5, 5.41) is 12.8. The molecule has 1 amide bonds. The molecule has 1 N–H and O–H groups in total. The van der Waals surface area contributed by atoms with Crippen LogP contribution in [0.15, 0.2) is 59.8 Å². The zero-order valence-corrected chi connectivity index (χ0v) is 20.6. The Morgan fingerprint density at radius 3 is 2.68 bits per heavy atom. The molecule has 1 aromatic heterocycles. The predicted molar refractivity (Wildman–Crippen MR) is 134 cm³/mol. The van der Waals surface area contributed by atoms with Crippen molar-refractivity contribution < 1.29 is 14.3 Å². The summed E-state index contributed by atoms with van der Waals surface area (Å²) in [4.78, 5) is 12.9. The van der Waals surface area contributed by atoms with Crippen molar-refractivity contribution in [1.29, 1.82) is 0 Å². The largest absolute Gasteiger partial charge is 0.497 e. The molecule has 180 valence electrons. The van der Waals surface area contributed by atoms with E-state index in [0.29, 0.717) is 6.54 Å². The third-order valence-electron chi connectivity index (χ3n) is 5.92. The van der Waals surface area contributed by atoms with E-state index in [9.17, 15) is 4.79 Å². The van der Waals surface area contributed by atoms with Crippen LogP contribution in [0.25, 0.3) is 11.4 Å². The van der Waals surface area contributed by atoms with E-state index in [1.165, 1.54) is 11.8 Å². The van der Waals surface area contributed by atoms with Crippen molar-refractivity contribution in [3.8, 4) is 17.1 Å². The lowest BCUT2D eigenvalue weighted by Crippen LogP contribution is -2.30. The van der Waals surface area contributed by atoms with E-state index in [4.69, 9.17) is 9.47 Å². The second kappa shape index (κ2) is 12.0. The number of ether oxygens (including phenoxy) is 2. The smallest absolute Gasteiger partial charge is 0.230 e. The molecule has 2 unspecified atom stereocenters.